The maximum Gasteiger partial charge on any atom is 0.220 e. The van der Waals surface area contributed by atoms with Gasteiger partial charge in [-0.15, -0.1) is 0 Å². The van der Waals surface area contributed by atoms with E-state index in [1.165, 1.54) is 161 Å². The van der Waals surface area contributed by atoms with E-state index in [0.29, 0.717) is 6.42 Å². The highest BCUT2D eigenvalue weighted by atomic mass is 16.8. The highest BCUT2D eigenvalue weighted by molar-refractivity contribution is 5.76. The first-order valence-electron chi connectivity index (χ1n) is 43.4. The predicted molar refractivity (Wildman–Crippen MR) is 443 cm³/mol. The van der Waals surface area contributed by atoms with Crippen molar-refractivity contribution in [3.8, 4) is 0 Å². The Morgan fingerprint density at radius 2 is 0.627 bits per heavy atom. The van der Waals surface area contributed by atoms with Crippen molar-refractivity contribution >= 4 is 5.91 Å². The molecule has 17 atom stereocenters. The maximum absolute atomic E-state index is 13.5. The number of nitrogens with one attached hydrogen (secondary N) is 1. The van der Waals surface area contributed by atoms with E-state index in [2.05, 4.69) is 141 Å². The van der Waals surface area contributed by atoms with E-state index in [-0.39, 0.29) is 18.9 Å². The van der Waals surface area contributed by atoms with Crippen molar-refractivity contribution in [1.82, 2.24) is 5.32 Å². The number of amides is 1. The summed E-state index contributed by atoms with van der Waals surface area (Å²) in [6.45, 7) is 1.63. The quantitative estimate of drug-likeness (QED) is 0.0199. The number of hydrogen-bond acceptors (Lipinski definition) is 18. The summed E-state index contributed by atoms with van der Waals surface area (Å²) in [5.74, 6) is -0.302. The van der Waals surface area contributed by atoms with Crippen LogP contribution in [0, 0.1) is 0 Å². The third kappa shape index (κ3) is 47.7. The van der Waals surface area contributed by atoms with Crippen LogP contribution in [0.25, 0.3) is 0 Å². The Hall–Kier alpha value is -4.07. The molecule has 0 aliphatic carbocycles. The number of carbonyl (C=O) groups is 1. The van der Waals surface area contributed by atoms with E-state index in [1.807, 2.05) is 6.08 Å². The summed E-state index contributed by atoms with van der Waals surface area (Å²) in [7, 11) is 0. The molecule has 0 spiro atoms. The van der Waals surface area contributed by atoms with Crippen LogP contribution in [0.5, 0.6) is 0 Å². The third-order valence-electron chi connectivity index (χ3n) is 20.7. The van der Waals surface area contributed by atoms with Crippen molar-refractivity contribution in [3.05, 3.63) is 134 Å². The second-order valence-corrected chi connectivity index (χ2v) is 30.3. The van der Waals surface area contributed by atoms with Gasteiger partial charge in [0.05, 0.1) is 38.6 Å². The van der Waals surface area contributed by atoms with Crippen LogP contribution < -0.4 is 5.32 Å². The Morgan fingerprint density at radius 1 is 0.336 bits per heavy atom. The molecule has 0 saturated carbocycles. The summed E-state index contributed by atoms with van der Waals surface area (Å²) >= 11 is 0. The predicted octanol–water partition coefficient (Wildman–Crippen LogP) is 16.0. The molecule has 110 heavy (non-hydrogen) atoms. The first-order chi connectivity index (χ1) is 53.8. The van der Waals surface area contributed by atoms with E-state index >= 15 is 0 Å². The molecule has 0 bridgehead atoms. The Balaban J connectivity index is 1.37. The summed E-state index contributed by atoms with van der Waals surface area (Å²) < 4.78 is 34.5. The fourth-order valence-corrected chi connectivity index (χ4v) is 13.8. The number of hydrogen-bond donors (Lipinski definition) is 12. The molecule has 0 radical (unpaired) electrons. The molecule has 3 aliphatic rings. The molecule has 1 amide bonds. The molecular weight excluding hydrogens is 1390 g/mol. The molecule has 3 saturated heterocycles. The van der Waals surface area contributed by atoms with Crippen LogP contribution in [0.3, 0.4) is 0 Å². The van der Waals surface area contributed by atoms with Gasteiger partial charge in [-0.25, -0.2) is 0 Å². The lowest BCUT2D eigenvalue weighted by molar-refractivity contribution is -0.379. The van der Waals surface area contributed by atoms with Gasteiger partial charge in [0.2, 0.25) is 5.91 Å². The average Bonchev–Trinajstić information content (AvgIpc) is 0.795. The molecule has 19 nitrogen and oxygen atoms in total. The standard InChI is InChI=1S/C91H155NO18/c1-3-5-7-9-11-13-15-17-19-21-23-25-27-29-31-33-35-36-37-38-39-41-43-45-47-49-51-53-55-57-59-61-63-65-67-69-79(97)92-74(75(96)68-66-64-62-60-58-56-54-52-50-48-46-44-42-40-34-32-30-28-26-24-22-20-18-16-14-12-10-8-6-4-2)73-105-89-85(103)82(100)87(77(71-94)107-89)110-91-86(104)83(101)88(78(72-95)108-91)109-90-84(102)81(99)80(98)76(70-93)106-90/h5,7,11,13,17,19,23,25,29,31,35-36,38-39,43,45,49,51,55,57,66,68,74-78,80-91,93-96,98-104H,3-4,6,8-10,12,14-16,18,20-22,24,26-28,30,32-34,37,40-42,44,46-48,50,52-54,56,58-65,67,69-73H2,1-2H3,(H,92,97)/b7-5-,13-11-,19-17-,25-23-,31-29-,36-35-,39-38-,45-43-,51-49-,57-55-,68-66+. The van der Waals surface area contributed by atoms with E-state index in [9.17, 15) is 61.0 Å². The van der Waals surface area contributed by atoms with Gasteiger partial charge < -0.3 is 89.9 Å². The number of rotatable bonds is 68. The SMILES string of the molecule is CC/C=C\C/C=C\C/C=C\C/C=C\C/C=C\C/C=C\C/C=C\C/C=C\C/C=C\C/C=C\CCCCCCC(=O)NC(COC1OC(CO)C(OC2OC(CO)C(OC3OC(CO)C(O)C(O)C3O)C(O)C2O)C(O)C1O)C(O)/C=C/CCCCCCCCCCCCCCCCCCCCCCCCCCCCCC. The third-order valence-corrected chi connectivity index (χ3v) is 20.7. The van der Waals surface area contributed by atoms with Crippen molar-refractivity contribution in [2.45, 2.75) is 407 Å². The van der Waals surface area contributed by atoms with E-state index < -0.39 is 124 Å². The fraction of sp³-hybridized carbons (Fsp3) is 0.747. The Kier molecular flexibility index (Phi) is 63.0. The summed E-state index contributed by atoms with van der Waals surface area (Å²) in [5, 5.41) is 121. The summed E-state index contributed by atoms with van der Waals surface area (Å²) in [4.78, 5) is 13.5. The smallest absolute Gasteiger partial charge is 0.220 e. The second kappa shape index (κ2) is 69.3. The fourth-order valence-electron chi connectivity index (χ4n) is 13.8. The highest BCUT2D eigenvalue weighted by Gasteiger charge is 2.54. The van der Waals surface area contributed by atoms with Crippen molar-refractivity contribution < 1.29 is 89.4 Å². The zero-order valence-corrected chi connectivity index (χ0v) is 67.9. The van der Waals surface area contributed by atoms with Crippen LogP contribution in [0.4, 0.5) is 0 Å². The van der Waals surface area contributed by atoms with Gasteiger partial charge in [0.25, 0.3) is 0 Å². The molecular formula is C91H155NO18. The zero-order valence-electron chi connectivity index (χ0n) is 67.9. The molecule has 0 aromatic carbocycles. The maximum atomic E-state index is 13.5. The summed E-state index contributed by atoms with van der Waals surface area (Å²) in [6, 6.07) is -1.000. The first kappa shape index (κ1) is 100. The van der Waals surface area contributed by atoms with Crippen molar-refractivity contribution in [1.29, 1.82) is 0 Å². The second-order valence-electron chi connectivity index (χ2n) is 30.3. The van der Waals surface area contributed by atoms with Crippen LogP contribution in [0.15, 0.2) is 134 Å². The van der Waals surface area contributed by atoms with Crippen molar-refractivity contribution in [2.24, 2.45) is 0 Å². The number of allylic oxidation sites excluding steroid dienone is 21. The Labute approximate surface area is 664 Å². The van der Waals surface area contributed by atoms with E-state index in [4.69, 9.17) is 28.4 Å². The average molecular weight is 1550 g/mol. The van der Waals surface area contributed by atoms with Gasteiger partial charge in [0.1, 0.15) is 73.2 Å². The lowest BCUT2D eigenvalue weighted by Crippen LogP contribution is -2.66. The van der Waals surface area contributed by atoms with Gasteiger partial charge in [-0.1, -0.05) is 334 Å². The molecule has 632 valence electrons. The molecule has 0 aromatic heterocycles. The lowest BCUT2D eigenvalue weighted by atomic mass is 9.96. The molecule has 3 rings (SSSR count). The van der Waals surface area contributed by atoms with Gasteiger partial charge in [0, 0.05) is 6.42 Å². The van der Waals surface area contributed by atoms with Gasteiger partial charge in [-0.05, 0) is 96.3 Å². The topological polar surface area (TPSA) is 307 Å². The minimum Gasteiger partial charge on any atom is -0.394 e. The molecule has 17 unspecified atom stereocenters. The number of ether oxygens (including phenoxy) is 6. The van der Waals surface area contributed by atoms with Gasteiger partial charge in [-0.2, -0.15) is 0 Å². The van der Waals surface area contributed by atoms with E-state index in [0.717, 1.165) is 116 Å². The van der Waals surface area contributed by atoms with Gasteiger partial charge in [0.15, 0.2) is 18.9 Å². The molecule has 0 aromatic rings. The van der Waals surface area contributed by atoms with Crippen LogP contribution in [0.1, 0.15) is 303 Å². The van der Waals surface area contributed by atoms with Gasteiger partial charge >= 0.3 is 0 Å². The number of carbonyl (C=O) groups excluding carboxylic acids is 1. The summed E-state index contributed by atoms with van der Waals surface area (Å²) in [6.07, 6.45) is 72.9. The number of aliphatic hydroxyl groups excluding tert-OH is 11. The van der Waals surface area contributed by atoms with Crippen molar-refractivity contribution in [2.75, 3.05) is 26.4 Å². The largest absolute Gasteiger partial charge is 0.394 e. The number of unbranched alkanes of at least 4 members (excludes halogenated alkanes) is 32. The molecule has 3 aliphatic heterocycles. The zero-order chi connectivity index (χ0) is 79.5. The van der Waals surface area contributed by atoms with Crippen LogP contribution in [-0.2, 0) is 33.2 Å². The Bertz CT molecular complexity index is 2510. The molecule has 12 N–H and O–H groups in total. The van der Waals surface area contributed by atoms with E-state index in [1.54, 1.807) is 6.08 Å². The number of aliphatic hydroxyl groups is 11. The molecule has 19 heteroatoms. The minimum atomic E-state index is -1.99. The minimum absolute atomic E-state index is 0.205. The van der Waals surface area contributed by atoms with Crippen molar-refractivity contribution in [3.63, 3.8) is 0 Å². The lowest BCUT2D eigenvalue weighted by Gasteiger charge is -2.48. The van der Waals surface area contributed by atoms with Gasteiger partial charge in [-0.3, -0.25) is 4.79 Å². The van der Waals surface area contributed by atoms with Crippen LogP contribution >= 0.6 is 0 Å². The monoisotopic (exact) mass is 1550 g/mol. The molecule has 3 fully saturated rings. The normalized spacial score (nSPS) is 25.8. The van der Waals surface area contributed by atoms with Crippen LogP contribution in [0.2, 0.25) is 0 Å². The summed E-state index contributed by atoms with van der Waals surface area (Å²) in [5.41, 5.74) is 0. The molecule has 3 heterocycles. The highest BCUT2D eigenvalue weighted by Crippen LogP contribution is 2.33. The van der Waals surface area contributed by atoms with Crippen LogP contribution in [-0.4, -0.2) is 193 Å². The Morgan fingerprint density at radius 3 is 0.982 bits per heavy atom. The first-order valence-corrected chi connectivity index (χ1v) is 43.4.